The second-order valence-corrected chi connectivity index (χ2v) is 6.76. The van der Waals surface area contributed by atoms with Crippen LogP contribution < -0.4 is 10.1 Å². The number of fused-ring (bicyclic) bond motifs is 1. The number of nitrogens with one attached hydrogen (secondary N) is 1. The average molecular weight is 354 g/mol. The maximum Gasteiger partial charge on any atom is 0.225 e. The summed E-state index contributed by atoms with van der Waals surface area (Å²) in [5.41, 5.74) is 2.14. The molecule has 0 amide bonds. The van der Waals surface area contributed by atoms with E-state index in [-0.39, 0.29) is 12.1 Å². The second-order valence-electron chi connectivity index (χ2n) is 6.76. The topological polar surface area (TPSA) is 98.0 Å². The minimum absolute atomic E-state index is 0.272. The van der Waals surface area contributed by atoms with Gasteiger partial charge in [0, 0.05) is 6.04 Å². The van der Waals surface area contributed by atoms with Crippen molar-refractivity contribution in [2.75, 3.05) is 12.4 Å². The highest BCUT2D eigenvalue weighted by Gasteiger charge is 2.28. The summed E-state index contributed by atoms with van der Waals surface area (Å²) in [4.78, 5) is 8.96. The Morgan fingerprint density at radius 3 is 2.77 bits per heavy atom. The number of aliphatic hydroxyl groups excluding tert-OH is 1. The van der Waals surface area contributed by atoms with E-state index in [1.54, 1.807) is 18.0 Å². The molecule has 0 aliphatic heterocycles. The van der Waals surface area contributed by atoms with Crippen LogP contribution in [0.25, 0.3) is 16.9 Å². The van der Waals surface area contributed by atoms with Crippen LogP contribution in [0.1, 0.15) is 26.2 Å². The molecule has 0 spiro atoms. The zero-order valence-electron chi connectivity index (χ0n) is 14.8. The SMILES string of the molecule is COc1ccc(-n2nnc3cnc(N[C@H]4CC[C@H](C(C)O)C4)nc32)cc1. The van der Waals surface area contributed by atoms with E-state index in [1.165, 1.54) is 0 Å². The van der Waals surface area contributed by atoms with Crippen LogP contribution >= 0.6 is 0 Å². The van der Waals surface area contributed by atoms with Crippen LogP contribution in [0.2, 0.25) is 0 Å². The number of rotatable bonds is 5. The smallest absolute Gasteiger partial charge is 0.225 e. The number of benzene rings is 1. The van der Waals surface area contributed by atoms with E-state index in [0.29, 0.717) is 23.0 Å². The number of methoxy groups -OCH3 is 1. The third kappa shape index (κ3) is 3.20. The van der Waals surface area contributed by atoms with Gasteiger partial charge in [-0.2, -0.15) is 9.67 Å². The molecule has 3 aromatic rings. The van der Waals surface area contributed by atoms with E-state index in [9.17, 15) is 5.11 Å². The fraction of sp³-hybridized carbons (Fsp3) is 0.444. The highest BCUT2D eigenvalue weighted by Crippen LogP contribution is 2.30. The van der Waals surface area contributed by atoms with E-state index in [2.05, 4.69) is 25.6 Å². The fourth-order valence-corrected chi connectivity index (χ4v) is 3.46. The minimum Gasteiger partial charge on any atom is -0.497 e. The van der Waals surface area contributed by atoms with Gasteiger partial charge in [0.05, 0.1) is 25.1 Å². The van der Waals surface area contributed by atoms with Crippen molar-refractivity contribution in [1.82, 2.24) is 25.0 Å². The lowest BCUT2D eigenvalue weighted by Gasteiger charge is -2.15. The summed E-state index contributed by atoms with van der Waals surface area (Å²) in [5.74, 6) is 1.68. The summed E-state index contributed by atoms with van der Waals surface area (Å²) >= 11 is 0. The van der Waals surface area contributed by atoms with Gasteiger partial charge in [0.15, 0.2) is 11.2 Å². The first kappa shape index (κ1) is 16.7. The summed E-state index contributed by atoms with van der Waals surface area (Å²) in [6, 6.07) is 7.84. The molecule has 1 saturated carbocycles. The molecule has 1 aliphatic carbocycles. The molecule has 1 aliphatic rings. The van der Waals surface area contributed by atoms with Crippen LogP contribution in [0.4, 0.5) is 5.95 Å². The Bertz CT molecular complexity index is 892. The third-order valence-electron chi connectivity index (χ3n) is 5.00. The molecule has 1 aromatic carbocycles. The van der Waals surface area contributed by atoms with Gasteiger partial charge in [0.25, 0.3) is 0 Å². The molecule has 8 nitrogen and oxygen atoms in total. The van der Waals surface area contributed by atoms with Crippen LogP contribution in [0.3, 0.4) is 0 Å². The van der Waals surface area contributed by atoms with E-state index < -0.39 is 0 Å². The number of hydrogen-bond donors (Lipinski definition) is 2. The first-order chi connectivity index (χ1) is 12.6. The van der Waals surface area contributed by atoms with Crippen molar-refractivity contribution in [2.24, 2.45) is 5.92 Å². The van der Waals surface area contributed by atoms with Crippen molar-refractivity contribution in [2.45, 2.75) is 38.3 Å². The van der Waals surface area contributed by atoms with Crippen molar-refractivity contribution in [3.8, 4) is 11.4 Å². The van der Waals surface area contributed by atoms with Gasteiger partial charge < -0.3 is 15.2 Å². The minimum atomic E-state index is -0.272. The zero-order valence-corrected chi connectivity index (χ0v) is 14.8. The van der Waals surface area contributed by atoms with Crippen molar-refractivity contribution < 1.29 is 9.84 Å². The van der Waals surface area contributed by atoms with Gasteiger partial charge in [-0.05, 0) is 56.4 Å². The molecular weight excluding hydrogens is 332 g/mol. The molecule has 2 aromatic heterocycles. The van der Waals surface area contributed by atoms with Gasteiger partial charge in [0.1, 0.15) is 5.75 Å². The molecule has 26 heavy (non-hydrogen) atoms. The molecule has 3 atom stereocenters. The van der Waals surface area contributed by atoms with Crippen molar-refractivity contribution >= 4 is 17.1 Å². The first-order valence-corrected chi connectivity index (χ1v) is 8.81. The Morgan fingerprint density at radius 1 is 1.27 bits per heavy atom. The third-order valence-corrected chi connectivity index (χ3v) is 5.00. The molecule has 2 N–H and O–H groups in total. The van der Waals surface area contributed by atoms with E-state index >= 15 is 0 Å². The number of hydrogen-bond acceptors (Lipinski definition) is 7. The van der Waals surface area contributed by atoms with Crippen LogP contribution in [0.5, 0.6) is 5.75 Å². The Morgan fingerprint density at radius 2 is 2.08 bits per heavy atom. The van der Waals surface area contributed by atoms with E-state index in [0.717, 1.165) is 30.7 Å². The number of anilines is 1. The Kier molecular flexibility index (Phi) is 4.42. The average Bonchev–Trinajstić information content (AvgIpc) is 3.29. The molecule has 0 saturated heterocycles. The molecule has 1 unspecified atom stereocenters. The monoisotopic (exact) mass is 354 g/mol. The maximum atomic E-state index is 9.76. The summed E-state index contributed by atoms with van der Waals surface area (Å²) in [7, 11) is 1.64. The highest BCUT2D eigenvalue weighted by molar-refractivity contribution is 5.72. The molecule has 0 radical (unpaired) electrons. The summed E-state index contributed by atoms with van der Waals surface area (Å²) in [6.07, 6.45) is 4.36. The molecule has 2 heterocycles. The molecule has 8 heteroatoms. The fourth-order valence-electron chi connectivity index (χ4n) is 3.46. The van der Waals surface area contributed by atoms with Crippen LogP contribution in [-0.2, 0) is 0 Å². The lowest BCUT2D eigenvalue weighted by atomic mass is 10.0. The van der Waals surface area contributed by atoms with Crippen molar-refractivity contribution in [3.63, 3.8) is 0 Å². The Hall–Kier alpha value is -2.74. The molecule has 0 bridgehead atoms. The van der Waals surface area contributed by atoms with Crippen molar-refractivity contribution in [3.05, 3.63) is 30.5 Å². The quantitative estimate of drug-likeness (QED) is 0.724. The number of aromatic nitrogens is 5. The largest absolute Gasteiger partial charge is 0.497 e. The zero-order chi connectivity index (χ0) is 18.1. The van der Waals surface area contributed by atoms with Crippen molar-refractivity contribution in [1.29, 1.82) is 0 Å². The van der Waals surface area contributed by atoms with E-state index in [1.807, 2.05) is 31.2 Å². The first-order valence-electron chi connectivity index (χ1n) is 8.81. The molecular formula is C18H22N6O2. The predicted molar refractivity (Wildman–Crippen MR) is 97.4 cm³/mol. The van der Waals surface area contributed by atoms with Gasteiger partial charge in [0.2, 0.25) is 5.95 Å². The number of ether oxygens (including phenoxy) is 1. The lowest BCUT2D eigenvalue weighted by molar-refractivity contribution is 0.128. The molecule has 136 valence electrons. The van der Waals surface area contributed by atoms with Gasteiger partial charge in [-0.1, -0.05) is 5.21 Å². The lowest BCUT2D eigenvalue weighted by Crippen LogP contribution is -2.20. The summed E-state index contributed by atoms with van der Waals surface area (Å²) in [5, 5.41) is 21.5. The molecule has 1 fully saturated rings. The second kappa shape index (κ2) is 6.87. The van der Waals surface area contributed by atoms with Gasteiger partial charge in [-0.25, -0.2) is 4.98 Å². The maximum absolute atomic E-state index is 9.76. The summed E-state index contributed by atoms with van der Waals surface area (Å²) in [6.45, 7) is 1.86. The predicted octanol–water partition coefficient (Wildman–Crippen LogP) is 2.18. The Balaban J connectivity index is 1.58. The molecule has 4 rings (SSSR count). The standard InChI is InChI=1S/C18H22N6O2/c1-11(25)12-3-4-13(9-12)20-18-19-10-16-17(21-18)24(23-22-16)14-5-7-15(26-2)8-6-14/h5-8,10-13,25H,3-4,9H2,1-2H3,(H,19,20,21)/t11?,12-,13-/m0/s1. The number of nitrogens with zero attached hydrogens (tertiary/aromatic N) is 5. The van der Waals surface area contributed by atoms with E-state index in [4.69, 9.17) is 4.74 Å². The van der Waals surface area contributed by atoms with Crippen LogP contribution in [0, 0.1) is 5.92 Å². The number of aliphatic hydroxyl groups is 1. The van der Waals surface area contributed by atoms with Crippen LogP contribution in [0.15, 0.2) is 30.5 Å². The van der Waals surface area contributed by atoms with Gasteiger partial charge in [-0.3, -0.25) is 0 Å². The Labute approximate surface area is 151 Å². The highest BCUT2D eigenvalue weighted by atomic mass is 16.5. The normalized spacial score (nSPS) is 21.0. The van der Waals surface area contributed by atoms with Gasteiger partial charge >= 0.3 is 0 Å². The van der Waals surface area contributed by atoms with Gasteiger partial charge in [-0.15, -0.1) is 5.10 Å². The summed E-state index contributed by atoms with van der Waals surface area (Å²) < 4.78 is 6.88. The van der Waals surface area contributed by atoms with Crippen LogP contribution in [-0.4, -0.2) is 49.3 Å².